The van der Waals surface area contributed by atoms with Crippen LogP contribution in [0.4, 0.5) is 5.69 Å². The fraction of sp³-hybridized carbons (Fsp3) is 0.474. The highest BCUT2D eigenvalue weighted by molar-refractivity contribution is 5.78. The van der Waals surface area contributed by atoms with Crippen LogP contribution in [0.25, 0.3) is 5.65 Å². The van der Waals surface area contributed by atoms with E-state index in [0.717, 1.165) is 18.2 Å². The Morgan fingerprint density at radius 2 is 2.29 bits per heavy atom. The number of nitrogens with zero attached hydrogens (tertiary/aromatic N) is 2. The number of hydrogen-bond donors (Lipinski definition) is 2. The van der Waals surface area contributed by atoms with Gasteiger partial charge in [-0.15, -0.1) is 0 Å². The Morgan fingerprint density at radius 1 is 1.42 bits per heavy atom. The van der Waals surface area contributed by atoms with E-state index in [4.69, 9.17) is 5.73 Å². The second-order valence-corrected chi connectivity index (χ2v) is 7.63. The van der Waals surface area contributed by atoms with Crippen LogP contribution in [-0.2, 0) is 11.2 Å². The van der Waals surface area contributed by atoms with E-state index in [2.05, 4.69) is 22.5 Å². The van der Waals surface area contributed by atoms with Crippen molar-refractivity contribution in [2.45, 2.75) is 25.7 Å². The normalized spacial score (nSPS) is 28.8. The molecule has 0 aromatic carbocycles. The summed E-state index contributed by atoms with van der Waals surface area (Å²) < 4.78 is 1.90. The summed E-state index contributed by atoms with van der Waals surface area (Å²) in [6.45, 7) is 0.797. The van der Waals surface area contributed by atoms with Crippen LogP contribution >= 0.6 is 0 Å². The lowest BCUT2D eigenvalue weighted by Crippen LogP contribution is -2.32. The van der Waals surface area contributed by atoms with Gasteiger partial charge in [-0.1, -0.05) is 12.2 Å². The molecule has 1 amide bonds. The fourth-order valence-electron chi connectivity index (χ4n) is 5.04. The number of amides is 1. The van der Waals surface area contributed by atoms with E-state index < -0.39 is 0 Å². The van der Waals surface area contributed by atoms with Crippen molar-refractivity contribution in [1.29, 1.82) is 0 Å². The zero-order valence-corrected chi connectivity index (χ0v) is 13.6. The second kappa shape index (κ2) is 4.85. The predicted octanol–water partition coefficient (Wildman–Crippen LogP) is 2.18. The van der Waals surface area contributed by atoms with Crippen LogP contribution in [0.2, 0.25) is 0 Å². The SMILES string of the molecule is Nc1cccn2c(CC(=O)NC[C@H]3CC4C=CC3C43CC3)cnc12. The lowest BCUT2D eigenvalue weighted by atomic mass is 9.89. The number of nitrogen functional groups attached to an aromatic ring is 1. The Morgan fingerprint density at radius 3 is 3.08 bits per heavy atom. The van der Waals surface area contributed by atoms with E-state index in [0.29, 0.717) is 35.0 Å². The number of pyridine rings is 1. The minimum Gasteiger partial charge on any atom is -0.396 e. The molecule has 5 rings (SSSR count). The number of allylic oxidation sites excluding steroid dienone is 2. The predicted molar refractivity (Wildman–Crippen MR) is 92.2 cm³/mol. The first-order chi connectivity index (χ1) is 11.7. The molecule has 1 spiro atoms. The lowest BCUT2D eigenvalue weighted by Gasteiger charge is -2.20. The van der Waals surface area contributed by atoms with Crippen molar-refractivity contribution in [3.8, 4) is 0 Å². The van der Waals surface area contributed by atoms with Crippen LogP contribution in [0.15, 0.2) is 36.7 Å². The van der Waals surface area contributed by atoms with Crippen molar-refractivity contribution in [3.63, 3.8) is 0 Å². The number of anilines is 1. The molecule has 3 N–H and O–H groups in total. The maximum Gasteiger partial charge on any atom is 0.226 e. The molecule has 5 nitrogen and oxygen atoms in total. The maximum atomic E-state index is 12.4. The van der Waals surface area contributed by atoms with Crippen molar-refractivity contribution >= 4 is 17.2 Å². The topological polar surface area (TPSA) is 72.4 Å². The number of nitrogens with one attached hydrogen (secondary N) is 1. The van der Waals surface area contributed by atoms with E-state index in [1.807, 2.05) is 22.7 Å². The molecule has 2 saturated carbocycles. The molecule has 0 aliphatic heterocycles. The minimum absolute atomic E-state index is 0.0656. The average molecular weight is 322 g/mol. The van der Waals surface area contributed by atoms with E-state index in [1.54, 1.807) is 6.20 Å². The highest BCUT2D eigenvalue weighted by atomic mass is 16.1. The summed E-state index contributed by atoms with van der Waals surface area (Å²) in [6.07, 6.45) is 12.8. The van der Waals surface area contributed by atoms with Crippen molar-refractivity contribution in [2.24, 2.45) is 23.2 Å². The number of aromatic nitrogens is 2. The van der Waals surface area contributed by atoms with Crippen molar-refractivity contribution in [3.05, 3.63) is 42.4 Å². The standard InChI is InChI=1S/C19H22N4O/c20-16-2-1-7-23-14(11-22-18(16)23)9-17(24)21-10-12-8-13-3-4-15(12)19(13)5-6-19/h1-4,7,11-13,15H,5-6,8-10,20H2,(H,21,24)/t12-,13?,15?/m1/s1. The molecular formula is C19H22N4O. The Bertz CT molecular complexity index is 848. The van der Waals surface area contributed by atoms with Gasteiger partial charge in [-0.25, -0.2) is 4.98 Å². The van der Waals surface area contributed by atoms with Gasteiger partial charge >= 0.3 is 0 Å². The van der Waals surface area contributed by atoms with Crippen molar-refractivity contribution in [2.75, 3.05) is 12.3 Å². The first-order valence-corrected chi connectivity index (χ1v) is 8.83. The van der Waals surface area contributed by atoms with Gasteiger partial charge in [-0.2, -0.15) is 0 Å². The minimum atomic E-state index is 0.0656. The third-order valence-electron chi connectivity index (χ3n) is 6.39. The molecule has 2 bridgehead atoms. The quantitative estimate of drug-likeness (QED) is 0.848. The zero-order valence-electron chi connectivity index (χ0n) is 13.6. The van der Waals surface area contributed by atoms with E-state index in [1.165, 1.54) is 19.3 Å². The van der Waals surface area contributed by atoms with Gasteiger partial charge in [0.15, 0.2) is 5.65 Å². The molecule has 2 heterocycles. The molecule has 2 fully saturated rings. The van der Waals surface area contributed by atoms with Gasteiger partial charge in [0, 0.05) is 18.9 Å². The third kappa shape index (κ3) is 1.93. The summed E-state index contributed by atoms with van der Waals surface area (Å²) in [5.41, 5.74) is 8.73. The lowest BCUT2D eigenvalue weighted by molar-refractivity contribution is -0.120. The molecule has 2 aromatic heterocycles. The Labute approximate surface area is 140 Å². The van der Waals surface area contributed by atoms with Crippen LogP contribution in [0.1, 0.15) is 25.0 Å². The molecule has 5 heteroatoms. The molecule has 124 valence electrons. The van der Waals surface area contributed by atoms with E-state index in [9.17, 15) is 4.79 Å². The molecule has 24 heavy (non-hydrogen) atoms. The van der Waals surface area contributed by atoms with Gasteiger partial charge in [-0.3, -0.25) is 4.79 Å². The molecule has 3 atom stereocenters. The van der Waals surface area contributed by atoms with Gasteiger partial charge in [0.25, 0.3) is 0 Å². The first-order valence-electron chi connectivity index (χ1n) is 8.83. The third-order valence-corrected chi connectivity index (χ3v) is 6.39. The summed E-state index contributed by atoms with van der Waals surface area (Å²) in [4.78, 5) is 16.7. The van der Waals surface area contributed by atoms with Crippen molar-refractivity contribution in [1.82, 2.24) is 14.7 Å². The van der Waals surface area contributed by atoms with Crippen LogP contribution in [0.5, 0.6) is 0 Å². The number of hydrogen-bond acceptors (Lipinski definition) is 3. The summed E-state index contributed by atoms with van der Waals surface area (Å²) >= 11 is 0. The fourth-order valence-corrected chi connectivity index (χ4v) is 5.04. The number of carbonyl (C=O) groups is 1. The van der Waals surface area contributed by atoms with E-state index in [-0.39, 0.29) is 5.91 Å². The van der Waals surface area contributed by atoms with Gasteiger partial charge in [0.2, 0.25) is 5.91 Å². The molecule has 3 aliphatic rings. The molecular weight excluding hydrogens is 300 g/mol. The maximum absolute atomic E-state index is 12.4. The van der Waals surface area contributed by atoms with Gasteiger partial charge in [-0.05, 0) is 54.6 Å². The van der Waals surface area contributed by atoms with Gasteiger partial charge in [0.05, 0.1) is 17.8 Å². The highest BCUT2D eigenvalue weighted by Gasteiger charge is 2.62. The number of rotatable bonds is 4. The highest BCUT2D eigenvalue weighted by Crippen LogP contribution is 2.69. The number of imidazole rings is 1. The van der Waals surface area contributed by atoms with Crippen LogP contribution in [0.3, 0.4) is 0 Å². The van der Waals surface area contributed by atoms with Crippen LogP contribution in [0, 0.1) is 23.2 Å². The Balaban J connectivity index is 1.24. The average Bonchev–Trinajstić information content (AvgIpc) is 3.07. The summed E-state index contributed by atoms with van der Waals surface area (Å²) in [6, 6.07) is 3.70. The molecule has 2 aromatic rings. The van der Waals surface area contributed by atoms with Gasteiger partial charge < -0.3 is 15.5 Å². The summed E-state index contributed by atoms with van der Waals surface area (Å²) in [5.74, 6) is 2.14. The molecule has 0 saturated heterocycles. The second-order valence-electron chi connectivity index (χ2n) is 7.63. The Kier molecular flexibility index (Phi) is 2.84. The largest absolute Gasteiger partial charge is 0.396 e. The van der Waals surface area contributed by atoms with Crippen LogP contribution < -0.4 is 11.1 Å². The summed E-state index contributed by atoms with van der Waals surface area (Å²) in [7, 11) is 0. The molecule has 2 unspecified atom stereocenters. The Hall–Kier alpha value is -2.30. The number of nitrogens with two attached hydrogens (primary N) is 1. The van der Waals surface area contributed by atoms with Gasteiger partial charge in [0.1, 0.15) is 0 Å². The first kappa shape index (κ1) is 14.1. The van der Waals surface area contributed by atoms with Crippen molar-refractivity contribution < 1.29 is 4.79 Å². The van der Waals surface area contributed by atoms with Crippen LogP contribution in [-0.4, -0.2) is 21.8 Å². The zero-order chi connectivity index (χ0) is 16.3. The smallest absolute Gasteiger partial charge is 0.226 e. The summed E-state index contributed by atoms with van der Waals surface area (Å²) in [5, 5.41) is 3.15. The molecule has 3 aliphatic carbocycles. The number of fused-ring (bicyclic) bond motifs is 1. The van der Waals surface area contributed by atoms with E-state index >= 15 is 0 Å². The molecule has 0 radical (unpaired) electrons. The number of carbonyl (C=O) groups excluding carboxylic acids is 1. The monoisotopic (exact) mass is 322 g/mol.